The minimum atomic E-state index is -0.741. The summed E-state index contributed by atoms with van der Waals surface area (Å²) >= 11 is 0. The Bertz CT molecular complexity index is 443. The topological polar surface area (TPSA) is 75.3 Å². The van der Waals surface area contributed by atoms with Crippen molar-refractivity contribution in [2.24, 2.45) is 5.92 Å². The number of aliphatic hydroxyl groups is 1. The van der Waals surface area contributed by atoms with E-state index in [2.05, 4.69) is 26.1 Å². The quantitative estimate of drug-likeness (QED) is 0.747. The number of aliphatic hydroxyl groups excluding tert-OH is 1. The van der Waals surface area contributed by atoms with Gasteiger partial charge in [-0.05, 0) is 38.0 Å². The zero-order chi connectivity index (χ0) is 15.9. The number of hydrogen-bond donors (Lipinski definition) is 3. The molecular weight excluding hydrogens is 259 g/mol. The van der Waals surface area contributed by atoms with Crippen molar-refractivity contribution in [1.82, 2.24) is 5.32 Å². The highest BCUT2D eigenvalue weighted by atomic mass is 19.1. The molecule has 4 N–H and O–H groups in total. The Balaban J connectivity index is 0.000000796. The van der Waals surface area contributed by atoms with E-state index in [0.717, 1.165) is 12.0 Å². The number of rotatable bonds is 3. The number of halogens is 1. The van der Waals surface area contributed by atoms with Crippen LogP contribution in [0.25, 0.3) is 0 Å². The van der Waals surface area contributed by atoms with Crippen LogP contribution in [0.5, 0.6) is 0 Å². The predicted molar refractivity (Wildman–Crippen MR) is 80.0 cm³/mol. The lowest BCUT2D eigenvalue weighted by Crippen LogP contribution is -2.46. The average Bonchev–Trinajstić information content (AvgIpc) is 2.31. The maximum Gasteiger partial charge on any atom is 0.251 e. The molecular formula is C15H25FN2O2. The number of nitrogen functional groups attached to an aromatic ring is 1. The molecule has 1 aromatic rings. The number of nitrogens with one attached hydrogen (secondary N) is 1. The van der Waals surface area contributed by atoms with Crippen LogP contribution in [0.15, 0.2) is 18.2 Å². The number of benzene rings is 1. The van der Waals surface area contributed by atoms with Gasteiger partial charge in [-0.3, -0.25) is 4.79 Å². The van der Waals surface area contributed by atoms with Gasteiger partial charge in [0.05, 0.1) is 17.8 Å². The fraction of sp³-hybridized carbons (Fsp3) is 0.533. The molecule has 1 aromatic carbocycles. The van der Waals surface area contributed by atoms with E-state index in [1.807, 2.05) is 0 Å². The van der Waals surface area contributed by atoms with Crippen molar-refractivity contribution in [2.75, 3.05) is 12.3 Å². The Hall–Kier alpha value is -1.62. The van der Waals surface area contributed by atoms with Gasteiger partial charge in [0.15, 0.2) is 0 Å². The smallest absolute Gasteiger partial charge is 0.251 e. The molecule has 0 saturated heterocycles. The van der Waals surface area contributed by atoms with Crippen LogP contribution in [0.2, 0.25) is 0 Å². The Kier molecular flexibility index (Phi) is 7.21. The van der Waals surface area contributed by atoms with Crippen molar-refractivity contribution in [3.63, 3.8) is 0 Å². The lowest BCUT2D eigenvalue weighted by atomic mass is 10.1. The highest BCUT2D eigenvalue weighted by molar-refractivity contribution is 5.95. The predicted octanol–water partition coefficient (Wildman–Crippen LogP) is 2.57. The van der Waals surface area contributed by atoms with Crippen molar-refractivity contribution in [2.45, 2.75) is 40.2 Å². The van der Waals surface area contributed by atoms with Crippen LogP contribution in [0.4, 0.5) is 10.1 Å². The first-order chi connectivity index (χ1) is 9.09. The first-order valence-electron chi connectivity index (χ1n) is 6.57. The minimum Gasteiger partial charge on any atom is -0.396 e. The molecule has 0 aliphatic carbocycles. The summed E-state index contributed by atoms with van der Waals surface area (Å²) in [7, 11) is 0. The molecule has 0 aromatic heterocycles. The summed E-state index contributed by atoms with van der Waals surface area (Å²) in [6.07, 6.45) is 0. The first kappa shape index (κ1) is 18.4. The summed E-state index contributed by atoms with van der Waals surface area (Å²) in [4.78, 5) is 11.7. The SMILES string of the molecule is CC(C)(CO)NC(=O)c1ccc(N)c(F)c1.CC(C)C. The highest BCUT2D eigenvalue weighted by Crippen LogP contribution is 2.12. The Morgan fingerprint density at radius 1 is 1.40 bits per heavy atom. The van der Waals surface area contributed by atoms with Gasteiger partial charge < -0.3 is 16.2 Å². The molecule has 0 fully saturated rings. The van der Waals surface area contributed by atoms with Crippen LogP contribution in [0, 0.1) is 11.7 Å². The lowest BCUT2D eigenvalue weighted by Gasteiger charge is -2.23. The van der Waals surface area contributed by atoms with E-state index in [-0.39, 0.29) is 17.9 Å². The summed E-state index contributed by atoms with van der Waals surface area (Å²) in [5.41, 5.74) is 4.73. The molecule has 0 spiro atoms. The third kappa shape index (κ3) is 7.09. The Labute approximate surface area is 120 Å². The van der Waals surface area contributed by atoms with Crippen LogP contribution in [0.3, 0.4) is 0 Å². The van der Waals surface area contributed by atoms with E-state index in [0.29, 0.717) is 0 Å². The minimum absolute atomic E-state index is 0.00188. The standard InChI is InChI=1S/C11H15FN2O2.C4H10/c1-11(2,6-15)14-10(16)7-3-4-9(13)8(12)5-7;1-4(2)3/h3-5,15H,6,13H2,1-2H3,(H,14,16);4H,1-3H3. The molecule has 1 rings (SSSR count). The van der Waals surface area contributed by atoms with Gasteiger partial charge in [0.2, 0.25) is 0 Å². The molecule has 0 aliphatic rings. The molecule has 114 valence electrons. The highest BCUT2D eigenvalue weighted by Gasteiger charge is 2.20. The zero-order valence-electron chi connectivity index (χ0n) is 12.8. The number of carbonyl (C=O) groups excluding carboxylic acids is 1. The molecule has 0 unspecified atom stereocenters. The third-order valence-electron chi connectivity index (χ3n) is 2.11. The van der Waals surface area contributed by atoms with Crippen LogP contribution in [-0.4, -0.2) is 23.2 Å². The Morgan fingerprint density at radius 2 is 1.90 bits per heavy atom. The second kappa shape index (κ2) is 7.85. The van der Waals surface area contributed by atoms with Gasteiger partial charge in [-0.25, -0.2) is 4.39 Å². The molecule has 0 aliphatic heterocycles. The number of amides is 1. The molecule has 1 amide bonds. The number of hydrogen-bond acceptors (Lipinski definition) is 3. The normalized spacial score (nSPS) is 10.8. The van der Waals surface area contributed by atoms with Crippen LogP contribution in [0.1, 0.15) is 45.0 Å². The van der Waals surface area contributed by atoms with Gasteiger partial charge >= 0.3 is 0 Å². The summed E-state index contributed by atoms with van der Waals surface area (Å²) in [5, 5.41) is 11.6. The number of nitrogens with two attached hydrogens (primary N) is 1. The third-order valence-corrected chi connectivity index (χ3v) is 2.11. The number of carbonyl (C=O) groups is 1. The molecule has 5 heteroatoms. The number of anilines is 1. The molecule has 0 saturated carbocycles. The van der Waals surface area contributed by atoms with Crippen molar-refractivity contribution >= 4 is 11.6 Å². The van der Waals surface area contributed by atoms with Crippen molar-refractivity contribution in [3.8, 4) is 0 Å². The van der Waals surface area contributed by atoms with Gasteiger partial charge in [-0.15, -0.1) is 0 Å². The molecule has 0 atom stereocenters. The van der Waals surface area contributed by atoms with Gasteiger partial charge in [0.1, 0.15) is 5.82 Å². The van der Waals surface area contributed by atoms with Crippen molar-refractivity contribution in [3.05, 3.63) is 29.6 Å². The van der Waals surface area contributed by atoms with E-state index in [9.17, 15) is 9.18 Å². The molecule has 0 radical (unpaired) electrons. The van der Waals surface area contributed by atoms with Crippen LogP contribution >= 0.6 is 0 Å². The van der Waals surface area contributed by atoms with E-state index < -0.39 is 17.3 Å². The maximum atomic E-state index is 13.1. The molecule has 0 bridgehead atoms. The maximum absolute atomic E-state index is 13.1. The molecule has 4 nitrogen and oxygen atoms in total. The summed E-state index contributed by atoms with van der Waals surface area (Å²) in [6.45, 7) is 9.63. The fourth-order valence-corrected chi connectivity index (χ4v) is 1.09. The second-order valence-corrected chi connectivity index (χ2v) is 5.96. The second-order valence-electron chi connectivity index (χ2n) is 5.96. The monoisotopic (exact) mass is 284 g/mol. The van der Waals surface area contributed by atoms with Gasteiger partial charge in [0.25, 0.3) is 5.91 Å². The molecule has 0 heterocycles. The van der Waals surface area contributed by atoms with Gasteiger partial charge in [0, 0.05) is 5.56 Å². The van der Waals surface area contributed by atoms with Crippen LogP contribution in [-0.2, 0) is 0 Å². The zero-order valence-corrected chi connectivity index (χ0v) is 12.8. The Morgan fingerprint density at radius 3 is 2.30 bits per heavy atom. The molecule has 20 heavy (non-hydrogen) atoms. The fourth-order valence-electron chi connectivity index (χ4n) is 1.09. The van der Waals surface area contributed by atoms with Crippen LogP contribution < -0.4 is 11.1 Å². The summed E-state index contributed by atoms with van der Waals surface area (Å²) in [6, 6.07) is 3.83. The van der Waals surface area contributed by atoms with E-state index in [1.165, 1.54) is 12.1 Å². The summed E-state index contributed by atoms with van der Waals surface area (Å²) < 4.78 is 13.1. The van der Waals surface area contributed by atoms with Gasteiger partial charge in [-0.2, -0.15) is 0 Å². The average molecular weight is 284 g/mol. The van der Waals surface area contributed by atoms with E-state index >= 15 is 0 Å². The summed E-state index contributed by atoms with van der Waals surface area (Å²) in [5.74, 6) is -0.243. The van der Waals surface area contributed by atoms with E-state index in [4.69, 9.17) is 10.8 Å². The largest absolute Gasteiger partial charge is 0.396 e. The lowest BCUT2D eigenvalue weighted by molar-refractivity contribution is 0.0869. The first-order valence-corrected chi connectivity index (χ1v) is 6.57. The van der Waals surface area contributed by atoms with Crippen molar-refractivity contribution < 1.29 is 14.3 Å². The van der Waals surface area contributed by atoms with E-state index in [1.54, 1.807) is 13.8 Å². The van der Waals surface area contributed by atoms with Crippen molar-refractivity contribution in [1.29, 1.82) is 0 Å². The van der Waals surface area contributed by atoms with Gasteiger partial charge in [-0.1, -0.05) is 20.8 Å².